The molecular formula is C7H10N4. The summed E-state index contributed by atoms with van der Waals surface area (Å²) in [6.45, 7) is 1.87. The van der Waals surface area contributed by atoms with E-state index in [1.165, 1.54) is 0 Å². The van der Waals surface area contributed by atoms with Crippen molar-refractivity contribution in [2.24, 2.45) is 5.73 Å². The molecule has 4 heteroatoms. The summed E-state index contributed by atoms with van der Waals surface area (Å²) < 4.78 is 0. The molecule has 3 N–H and O–H groups in total. The molecule has 0 aromatic carbocycles. The first-order valence-electron chi connectivity index (χ1n) is 3.29. The number of hydrogen-bond acceptors (Lipinski definition) is 3. The fraction of sp³-hybridized carbons (Fsp3) is 0.286. The number of nitrogens with two attached hydrogens (primary N) is 1. The van der Waals surface area contributed by atoms with E-state index in [0.29, 0.717) is 6.42 Å². The van der Waals surface area contributed by atoms with E-state index in [1.54, 1.807) is 12.4 Å². The molecule has 0 aliphatic carbocycles. The number of aromatic nitrogens is 2. The third-order valence-electron chi connectivity index (χ3n) is 1.21. The molecule has 1 aromatic heterocycles. The first kappa shape index (κ1) is 7.65. The Morgan fingerprint density at radius 1 is 1.55 bits per heavy atom. The topological polar surface area (TPSA) is 75.7 Å². The Morgan fingerprint density at radius 2 is 2.27 bits per heavy atom. The van der Waals surface area contributed by atoms with Crippen molar-refractivity contribution in [3.8, 4) is 0 Å². The highest BCUT2D eigenvalue weighted by atomic mass is 14.8. The predicted molar refractivity (Wildman–Crippen MR) is 42.4 cm³/mol. The first-order chi connectivity index (χ1) is 5.18. The van der Waals surface area contributed by atoms with Crippen LogP contribution in [0.2, 0.25) is 0 Å². The normalized spacial score (nSPS) is 9.55. The number of nitrogens with one attached hydrogen (secondary N) is 1. The summed E-state index contributed by atoms with van der Waals surface area (Å²) >= 11 is 0. The maximum Gasteiger partial charge on any atom is 0.0966 e. The van der Waals surface area contributed by atoms with Crippen LogP contribution in [-0.4, -0.2) is 15.8 Å². The average molecular weight is 150 g/mol. The molecule has 0 radical (unpaired) electrons. The second kappa shape index (κ2) is 3.09. The van der Waals surface area contributed by atoms with Crippen molar-refractivity contribution >= 4 is 5.84 Å². The zero-order chi connectivity index (χ0) is 8.27. The Bertz CT molecular complexity index is 252. The molecule has 0 saturated carbocycles. The summed E-state index contributed by atoms with van der Waals surface area (Å²) in [7, 11) is 0. The van der Waals surface area contributed by atoms with Gasteiger partial charge in [-0.3, -0.25) is 15.4 Å². The molecule has 58 valence electrons. The predicted octanol–water partition coefficient (Wildman–Crippen LogP) is 0.263. The molecule has 0 aliphatic rings. The van der Waals surface area contributed by atoms with Crippen LogP contribution in [0.1, 0.15) is 11.4 Å². The first-order valence-corrected chi connectivity index (χ1v) is 3.29. The van der Waals surface area contributed by atoms with Gasteiger partial charge in [0.25, 0.3) is 0 Å². The van der Waals surface area contributed by atoms with Gasteiger partial charge in [0.15, 0.2) is 0 Å². The quantitative estimate of drug-likeness (QED) is 0.469. The van der Waals surface area contributed by atoms with Crippen molar-refractivity contribution in [2.75, 3.05) is 0 Å². The van der Waals surface area contributed by atoms with Gasteiger partial charge in [-0.2, -0.15) is 0 Å². The molecule has 11 heavy (non-hydrogen) atoms. The fourth-order valence-corrected chi connectivity index (χ4v) is 0.706. The molecule has 1 rings (SSSR count). The van der Waals surface area contributed by atoms with Crippen LogP contribution in [0.3, 0.4) is 0 Å². The van der Waals surface area contributed by atoms with Crippen LogP contribution >= 0.6 is 0 Å². The lowest BCUT2D eigenvalue weighted by Crippen LogP contribution is -2.13. The lowest BCUT2D eigenvalue weighted by Gasteiger charge is -1.96. The highest BCUT2D eigenvalue weighted by Crippen LogP contribution is 1.93. The van der Waals surface area contributed by atoms with Crippen molar-refractivity contribution in [3.63, 3.8) is 0 Å². The molecular weight excluding hydrogens is 140 g/mol. The Morgan fingerprint density at radius 3 is 2.73 bits per heavy atom. The summed E-state index contributed by atoms with van der Waals surface area (Å²) in [5.41, 5.74) is 6.79. The Labute approximate surface area is 65.0 Å². The van der Waals surface area contributed by atoms with Gasteiger partial charge in [-0.1, -0.05) is 0 Å². The minimum absolute atomic E-state index is 0.114. The van der Waals surface area contributed by atoms with Gasteiger partial charge in [-0.05, 0) is 6.92 Å². The molecule has 0 amide bonds. The standard InChI is InChI=1S/C7H10N4/c1-5-3-11-6(4-10-5)2-7(8)9/h3-4H,2H2,1H3,(H3,8,9). The summed E-state index contributed by atoms with van der Waals surface area (Å²) in [4.78, 5) is 8.05. The van der Waals surface area contributed by atoms with Gasteiger partial charge in [0, 0.05) is 18.8 Å². The number of nitrogens with zero attached hydrogens (tertiary/aromatic N) is 2. The summed E-state index contributed by atoms with van der Waals surface area (Å²) in [5.74, 6) is 0.114. The molecule has 1 heterocycles. The monoisotopic (exact) mass is 150 g/mol. The zero-order valence-corrected chi connectivity index (χ0v) is 6.33. The lowest BCUT2D eigenvalue weighted by atomic mass is 10.3. The second-order valence-electron chi connectivity index (χ2n) is 2.35. The van der Waals surface area contributed by atoms with E-state index < -0.39 is 0 Å². The minimum Gasteiger partial charge on any atom is -0.387 e. The van der Waals surface area contributed by atoms with E-state index in [0.717, 1.165) is 11.4 Å². The third kappa shape index (κ3) is 2.33. The van der Waals surface area contributed by atoms with Crippen molar-refractivity contribution in [3.05, 3.63) is 23.8 Å². The van der Waals surface area contributed by atoms with Gasteiger partial charge in [0.2, 0.25) is 0 Å². The van der Waals surface area contributed by atoms with Crippen LogP contribution in [0.25, 0.3) is 0 Å². The van der Waals surface area contributed by atoms with Crippen molar-refractivity contribution in [1.82, 2.24) is 9.97 Å². The Balaban J connectivity index is 2.74. The number of hydrogen-bond donors (Lipinski definition) is 2. The zero-order valence-electron chi connectivity index (χ0n) is 6.33. The fourth-order valence-electron chi connectivity index (χ4n) is 0.706. The van der Waals surface area contributed by atoms with Gasteiger partial charge in [0.05, 0.1) is 17.2 Å². The molecule has 0 fully saturated rings. The van der Waals surface area contributed by atoms with E-state index in [2.05, 4.69) is 9.97 Å². The van der Waals surface area contributed by atoms with Crippen molar-refractivity contribution < 1.29 is 0 Å². The SMILES string of the molecule is Cc1cnc(CC(=N)N)cn1. The molecule has 0 spiro atoms. The number of aryl methyl sites for hydroxylation is 1. The van der Waals surface area contributed by atoms with Gasteiger partial charge in [-0.25, -0.2) is 0 Å². The molecule has 0 unspecified atom stereocenters. The van der Waals surface area contributed by atoms with Crippen LogP contribution in [0.4, 0.5) is 0 Å². The van der Waals surface area contributed by atoms with Gasteiger partial charge in [-0.15, -0.1) is 0 Å². The summed E-state index contributed by atoms with van der Waals surface area (Å²) in [5, 5.41) is 7.00. The van der Waals surface area contributed by atoms with E-state index in [-0.39, 0.29) is 5.84 Å². The summed E-state index contributed by atoms with van der Waals surface area (Å²) in [6.07, 6.45) is 3.68. The smallest absolute Gasteiger partial charge is 0.0966 e. The number of amidine groups is 1. The van der Waals surface area contributed by atoms with Crippen molar-refractivity contribution in [1.29, 1.82) is 5.41 Å². The largest absolute Gasteiger partial charge is 0.387 e. The van der Waals surface area contributed by atoms with Crippen LogP contribution < -0.4 is 5.73 Å². The second-order valence-corrected chi connectivity index (χ2v) is 2.35. The molecule has 0 saturated heterocycles. The third-order valence-corrected chi connectivity index (χ3v) is 1.21. The van der Waals surface area contributed by atoms with Crippen molar-refractivity contribution in [2.45, 2.75) is 13.3 Å². The van der Waals surface area contributed by atoms with Crippen LogP contribution in [-0.2, 0) is 6.42 Å². The molecule has 0 atom stereocenters. The highest BCUT2D eigenvalue weighted by Gasteiger charge is 1.95. The molecule has 0 aliphatic heterocycles. The van der Waals surface area contributed by atoms with Gasteiger partial charge in [0.1, 0.15) is 0 Å². The number of rotatable bonds is 2. The summed E-state index contributed by atoms with van der Waals surface area (Å²) in [6, 6.07) is 0. The van der Waals surface area contributed by atoms with Crippen LogP contribution in [0.15, 0.2) is 12.4 Å². The van der Waals surface area contributed by atoms with Crippen LogP contribution in [0, 0.1) is 12.3 Å². The Kier molecular flexibility index (Phi) is 2.15. The van der Waals surface area contributed by atoms with E-state index in [9.17, 15) is 0 Å². The van der Waals surface area contributed by atoms with E-state index >= 15 is 0 Å². The minimum atomic E-state index is 0.114. The highest BCUT2D eigenvalue weighted by molar-refractivity contribution is 5.78. The van der Waals surface area contributed by atoms with Gasteiger partial charge < -0.3 is 5.73 Å². The lowest BCUT2D eigenvalue weighted by molar-refractivity contribution is 1.03. The van der Waals surface area contributed by atoms with Crippen LogP contribution in [0.5, 0.6) is 0 Å². The average Bonchev–Trinajstić information content (AvgIpc) is 1.93. The van der Waals surface area contributed by atoms with E-state index in [1.807, 2.05) is 6.92 Å². The Hall–Kier alpha value is -1.45. The van der Waals surface area contributed by atoms with Gasteiger partial charge >= 0.3 is 0 Å². The maximum absolute atomic E-state index is 7.00. The molecule has 4 nitrogen and oxygen atoms in total. The molecule has 0 bridgehead atoms. The molecule has 1 aromatic rings. The maximum atomic E-state index is 7.00. The van der Waals surface area contributed by atoms with E-state index in [4.69, 9.17) is 11.1 Å².